The first-order valence-corrected chi connectivity index (χ1v) is 16.2. The van der Waals surface area contributed by atoms with E-state index in [-0.39, 0.29) is 23.2 Å². The quantitative estimate of drug-likeness (QED) is 0.207. The Morgan fingerprint density at radius 1 is 0.905 bits per heavy atom. The van der Waals surface area contributed by atoms with Gasteiger partial charge >= 0.3 is 0 Å². The number of nitrogens with one attached hydrogen (secondary N) is 1. The monoisotopic (exact) mass is 580 g/mol. The highest BCUT2D eigenvalue weighted by molar-refractivity contribution is 7.98. The molecule has 1 heterocycles. The van der Waals surface area contributed by atoms with Crippen LogP contribution in [0.4, 0.5) is 4.39 Å². The van der Waals surface area contributed by atoms with Crippen LogP contribution in [0.25, 0.3) is 5.69 Å². The third kappa shape index (κ3) is 5.51. The minimum Gasteiger partial charge on any atom is -0.345 e. The number of aromatic nitrogens is 3. The van der Waals surface area contributed by atoms with Crippen molar-refractivity contribution < 1.29 is 9.18 Å². The van der Waals surface area contributed by atoms with Crippen molar-refractivity contribution >= 4 is 17.7 Å². The fourth-order valence-electron chi connectivity index (χ4n) is 8.02. The number of hydrogen-bond donors (Lipinski definition) is 1. The van der Waals surface area contributed by atoms with Crippen molar-refractivity contribution in [3.8, 4) is 5.69 Å². The van der Waals surface area contributed by atoms with Crippen LogP contribution in [-0.2, 0) is 17.0 Å². The second-order valence-corrected chi connectivity index (χ2v) is 13.8. The first-order valence-electron chi connectivity index (χ1n) is 15.2. The highest BCUT2D eigenvalue weighted by atomic mass is 32.2. The van der Waals surface area contributed by atoms with E-state index in [1.165, 1.54) is 37.0 Å². The summed E-state index contributed by atoms with van der Waals surface area (Å²) >= 11 is 1.57. The average molecular weight is 581 g/mol. The lowest BCUT2D eigenvalue weighted by Crippen LogP contribution is -2.54. The maximum absolute atomic E-state index is 14.3. The fraction of sp³-hybridized carbons (Fsp3) is 0.400. The maximum Gasteiger partial charge on any atom is 0.226 e. The molecule has 8 rings (SSSR count). The Morgan fingerprint density at radius 3 is 2.19 bits per heavy atom. The average Bonchev–Trinajstić information content (AvgIpc) is 3.41. The molecule has 4 aliphatic carbocycles. The smallest absolute Gasteiger partial charge is 0.226 e. The molecule has 1 N–H and O–H groups in total. The zero-order valence-corrected chi connectivity index (χ0v) is 24.8. The van der Waals surface area contributed by atoms with Crippen molar-refractivity contribution in [2.24, 2.45) is 23.2 Å². The van der Waals surface area contributed by atoms with Crippen LogP contribution >= 0.6 is 11.8 Å². The van der Waals surface area contributed by atoms with E-state index >= 15 is 0 Å². The number of rotatable bonds is 9. The number of carbonyl (C=O) groups is 1. The van der Waals surface area contributed by atoms with Crippen molar-refractivity contribution in [3.63, 3.8) is 0 Å². The van der Waals surface area contributed by atoms with Crippen molar-refractivity contribution in [1.29, 1.82) is 0 Å². The normalized spacial score (nSPS) is 25.0. The summed E-state index contributed by atoms with van der Waals surface area (Å²) in [5.41, 5.74) is 4.04. The molecule has 216 valence electrons. The van der Waals surface area contributed by atoms with Crippen LogP contribution in [-0.4, -0.2) is 20.7 Å². The summed E-state index contributed by atoms with van der Waals surface area (Å²) in [6.45, 7) is 2.07. The highest BCUT2D eigenvalue weighted by Crippen LogP contribution is 2.60. The van der Waals surface area contributed by atoms with Crippen LogP contribution in [0.3, 0.4) is 0 Å². The van der Waals surface area contributed by atoms with Crippen molar-refractivity contribution in [1.82, 2.24) is 20.1 Å². The van der Waals surface area contributed by atoms with Crippen LogP contribution < -0.4 is 5.32 Å². The van der Waals surface area contributed by atoms with Gasteiger partial charge in [-0.05, 0) is 105 Å². The van der Waals surface area contributed by atoms with E-state index in [1.807, 2.05) is 18.2 Å². The number of thioether (sulfide) groups is 1. The molecule has 7 heteroatoms. The molecule has 3 aromatic carbocycles. The van der Waals surface area contributed by atoms with E-state index in [4.69, 9.17) is 5.10 Å². The van der Waals surface area contributed by atoms with Gasteiger partial charge in [0.2, 0.25) is 5.91 Å². The van der Waals surface area contributed by atoms with Crippen molar-refractivity contribution in [2.75, 3.05) is 0 Å². The number of aryl methyl sites for hydroxylation is 1. The maximum atomic E-state index is 14.3. The predicted octanol–water partition coefficient (Wildman–Crippen LogP) is 7.62. The van der Waals surface area contributed by atoms with Gasteiger partial charge in [-0.15, -0.1) is 10.2 Å². The molecule has 0 aliphatic heterocycles. The number of amides is 1. The molecule has 1 amide bonds. The molecule has 1 atom stereocenters. The second kappa shape index (κ2) is 11.3. The molecule has 1 unspecified atom stereocenters. The number of carbonyl (C=O) groups excluding carboxylic acids is 1. The lowest BCUT2D eigenvalue weighted by molar-refractivity contribution is -0.147. The Kier molecular flexibility index (Phi) is 7.39. The summed E-state index contributed by atoms with van der Waals surface area (Å²) in [5.74, 6) is 3.41. The van der Waals surface area contributed by atoms with Gasteiger partial charge in [0.25, 0.3) is 0 Å². The largest absolute Gasteiger partial charge is 0.345 e. The number of hydrogen-bond acceptors (Lipinski definition) is 4. The van der Waals surface area contributed by atoms with Gasteiger partial charge in [-0.3, -0.25) is 9.36 Å². The van der Waals surface area contributed by atoms with Gasteiger partial charge in [0, 0.05) is 16.9 Å². The predicted molar refractivity (Wildman–Crippen MR) is 164 cm³/mol. The Morgan fingerprint density at radius 2 is 1.55 bits per heavy atom. The van der Waals surface area contributed by atoms with E-state index in [2.05, 4.69) is 58.3 Å². The van der Waals surface area contributed by atoms with E-state index in [0.717, 1.165) is 47.1 Å². The Bertz CT molecular complexity index is 1520. The highest BCUT2D eigenvalue weighted by Gasteiger charge is 2.55. The number of benzene rings is 3. The minimum absolute atomic E-state index is 0.196. The summed E-state index contributed by atoms with van der Waals surface area (Å²) in [6, 6.07) is 24.9. The molecule has 5 nitrogen and oxygen atoms in total. The summed E-state index contributed by atoms with van der Waals surface area (Å²) in [7, 11) is 0. The fourth-order valence-corrected chi connectivity index (χ4v) is 8.94. The summed E-state index contributed by atoms with van der Waals surface area (Å²) < 4.78 is 15.6. The third-order valence-electron chi connectivity index (χ3n) is 9.65. The second-order valence-electron chi connectivity index (χ2n) is 12.8. The zero-order chi connectivity index (χ0) is 28.7. The molecule has 4 saturated carbocycles. The third-order valence-corrected chi connectivity index (χ3v) is 10.7. The summed E-state index contributed by atoms with van der Waals surface area (Å²) in [4.78, 5) is 14.3. The molecule has 0 radical (unpaired) electrons. The van der Waals surface area contributed by atoms with Crippen LogP contribution in [0.15, 0.2) is 84.0 Å². The minimum atomic E-state index is -0.332. The van der Waals surface area contributed by atoms with Gasteiger partial charge in [-0.1, -0.05) is 71.9 Å². The molecule has 42 heavy (non-hydrogen) atoms. The number of halogens is 1. The van der Waals surface area contributed by atoms with E-state index < -0.39 is 0 Å². The SMILES string of the molecule is Cc1ccc(-n2c(SCc3ccc(F)cc3)nnc2C(Cc2ccccc2)NC(=O)C23CC4CC(CC(C4)C2)C3)cc1. The molecule has 0 saturated heterocycles. The Labute approximate surface area is 251 Å². The Hall–Kier alpha value is -3.45. The summed E-state index contributed by atoms with van der Waals surface area (Å²) in [5, 5.41) is 13.7. The standard InChI is InChI=1S/C35H37FN4OS/c1-23-7-13-30(14-8-23)40-32(38-39-34(40)42-22-25-9-11-29(36)12-10-25)31(18-24-5-3-2-4-6-24)37-33(41)35-19-26-15-27(20-35)17-28(16-26)21-35/h2-14,26-28,31H,15-22H2,1H3,(H,37,41). The molecule has 4 fully saturated rings. The summed E-state index contributed by atoms with van der Waals surface area (Å²) in [6.07, 6.45) is 7.60. The van der Waals surface area contributed by atoms with E-state index in [9.17, 15) is 9.18 Å². The molecule has 4 aromatic rings. The van der Waals surface area contributed by atoms with Crippen LogP contribution in [0.1, 0.15) is 67.1 Å². The van der Waals surface area contributed by atoms with Crippen molar-refractivity contribution in [2.45, 2.75) is 68.8 Å². The van der Waals surface area contributed by atoms with Crippen molar-refractivity contribution in [3.05, 3.63) is 107 Å². The molecule has 0 spiro atoms. The van der Waals surface area contributed by atoms with Crippen LogP contribution in [0.5, 0.6) is 0 Å². The lowest BCUT2D eigenvalue weighted by atomic mass is 9.49. The zero-order valence-electron chi connectivity index (χ0n) is 24.0. The lowest BCUT2D eigenvalue weighted by Gasteiger charge is -2.55. The van der Waals surface area contributed by atoms with E-state index in [1.54, 1.807) is 23.9 Å². The molecular weight excluding hydrogens is 543 g/mol. The Balaban J connectivity index is 1.24. The number of nitrogens with zero attached hydrogens (tertiary/aromatic N) is 3. The molecular formula is C35H37FN4OS. The molecule has 1 aromatic heterocycles. The molecule has 4 bridgehead atoms. The van der Waals surface area contributed by atoms with E-state index in [0.29, 0.717) is 29.9 Å². The van der Waals surface area contributed by atoms with Gasteiger partial charge in [0.15, 0.2) is 11.0 Å². The van der Waals surface area contributed by atoms with Crippen LogP contribution in [0, 0.1) is 35.9 Å². The molecule has 4 aliphatic rings. The van der Waals surface area contributed by atoms with Gasteiger partial charge in [0.05, 0.1) is 6.04 Å². The van der Waals surface area contributed by atoms with Gasteiger partial charge in [0.1, 0.15) is 5.82 Å². The van der Waals surface area contributed by atoms with Gasteiger partial charge < -0.3 is 5.32 Å². The van der Waals surface area contributed by atoms with Gasteiger partial charge in [-0.25, -0.2) is 4.39 Å². The first-order chi connectivity index (χ1) is 20.4. The van der Waals surface area contributed by atoms with Crippen LogP contribution in [0.2, 0.25) is 0 Å². The topological polar surface area (TPSA) is 59.8 Å². The first kappa shape index (κ1) is 27.4. The van der Waals surface area contributed by atoms with Gasteiger partial charge in [-0.2, -0.15) is 0 Å².